The van der Waals surface area contributed by atoms with Gasteiger partial charge in [0.25, 0.3) is 0 Å². The summed E-state index contributed by atoms with van der Waals surface area (Å²) < 4.78 is 0. The number of nitrogens with one attached hydrogen (secondary N) is 1. The zero-order valence-corrected chi connectivity index (χ0v) is 11.1. The number of hydrogen-bond acceptors (Lipinski definition) is 5. The van der Waals surface area contributed by atoms with Crippen molar-refractivity contribution in [1.82, 2.24) is 25.3 Å². The van der Waals surface area contributed by atoms with E-state index in [1.165, 1.54) is 11.3 Å². The summed E-state index contributed by atoms with van der Waals surface area (Å²) in [7, 11) is 0. The lowest BCUT2D eigenvalue weighted by atomic mass is 10.0. The first kappa shape index (κ1) is 12.2. The van der Waals surface area contributed by atoms with E-state index >= 15 is 0 Å². The molecule has 1 N–H and O–H groups in total. The standard InChI is InChI=1S/C14H17N5/c1-2-3-11-10-8-15-6-4-12(10)19-14(18-11)13-5-7-16-9-17-13/h5,7,9,15H,2-4,6,8H2,1H3. The van der Waals surface area contributed by atoms with Gasteiger partial charge in [-0.2, -0.15) is 0 Å². The van der Waals surface area contributed by atoms with E-state index in [0.717, 1.165) is 49.6 Å². The van der Waals surface area contributed by atoms with Crippen LogP contribution < -0.4 is 5.32 Å². The van der Waals surface area contributed by atoms with E-state index < -0.39 is 0 Å². The average Bonchev–Trinajstić information content (AvgIpc) is 2.48. The molecule has 5 nitrogen and oxygen atoms in total. The Bertz CT molecular complexity index is 568. The predicted molar refractivity (Wildman–Crippen MR) is 72.5 cm³/mol. The average molecular weight is 255 g/mol. The number of aromatic nitrogens is 4. The number of hydrogen-bond donors (Lipinski definition) is 1. The van der Waals surface area contributed by atoms with E-state index in [1.807, 2.05) is 6.07 Å². The van der Waals surface area contributed by atoms with Crippen LogP contribution in [0.3, 0.4) is 0 Å². The van der Waals surface area contributed by atoms with Crippen molar-refractivity contribution in [3.8, 4) is 11.5 Å². The highest BCUT2D eigenvalue weighted by atomic mass is 15.0. The van der Waals surface area contributed by atoms with Crippen LogP contribution in [0.2, 0.25) is 0 Å². The van der Waals surface area contributed by atoms with Crippen molar-refractivity contribution < 1.29 is 0 Å². The maximum atomic E-state index is 4.70. The van der Waals surface area contributed by atoms with E-state index in [9.17, 15) is 0 Å². The minimum absolute atomic E-state index is 0.728. The van der Waals surface area contributed by atoms with Crippen LogP contribution in [-0.4, -0.2) is 26.5 Å². The maximum Gasteiger partial charge on any atom is 0.178 e. The van der Waals surface area contributed by atoms with Crippen molar-refractivity contribution in [2.45, 2.75) is 32.7 Å². The van der Waals surface area contributed by atoms with Gasteiger partial charge in [-0.05, 0) is 12.5 Å². The highest BCUT2D eigenvalue weighted by molar-refractivity contribution is 5.50. The molecule has 0 saturated heterocycles. The SMILES string of the molecule is CCCc1nc(-c2ccncn2)nc2c1CNCC2. The van der Waals surface area contributed by atoms with Crippen LogP contribution >= 0.6 is 0 Å². The molecule has 0 saturated carbocycles. The Kier molecular flexibility index (Phi) is 3.46. The van der Waals surface area contributed by atoms with Gasteiger partial charge in [-0.3, -0.25) is 0 Å². The summed E-state index contributed by atoms with van der Waals surface area (Å²) in [5.41, 5.74) is 4.42. The second-order valence-corrected chi connectivity index (χ2v) is 4.69. The van der Waals surface area contributed by atoms with E-state index in [4.69, 9.17) is 4.98 Å². The maximum absolute atomic E-state index is 4.70. The van der Waals surface area contributed by atoms with Gasteiger partial charge in [0.05, 0.1) is 5.69 Å². The number of rotatable bonds is 3. The van der Waals surface area contributed by atoms with Crippen molar-refractivity contribution in [3.63, 3.8) is 0 Å². The summed E-state index contributed by atoms with van der Waals surface area (Å²) in [5, 5.41) is 3.39. The molecule has 1 aliphatic heterocycles. The number of aryl methyl sites for hydroxylation is 1. The van der Waals surface area contributed by atoms with Crippen LogP contribution in [0.4, 0.5) is 0 Å². The van der Waals surface area contributed by atoms with Crippen LogP contribution in [-0.2, 0) is 19.4 Å². The van der Waals surface area contributed by atoms with Crippen molar-refractivity contribution in [3.05, 3.63) is 35.5 Å². The molecule has 0 unspecified atom stereocenters. The van der Waals surface area contributed by atoms with E-state index in [2.05, 4.69) is 27.2 Å². The van der Waals surface area contributed by atoms with Gasteiger partial charge in [-0.1, -0.05) is 13.3 Å². The first-order valence-electron chi connectivity index (χ1n) is 6.74. The molecular weight excluding hydrogens is 238 g/mol. The Labute approximate surface area is 112 Å². The molecule has 5 heteroatoms. The van der Waals surface area contributed by atoms with Crippen LogP contribution in [0.1, 0.15) is 30.3 Å². The van der Waals surface area contributed by atoms with Crippen molar-refractivity contribution in [2.24, 2.45) is 0 Å². The molecule has 0 amide bonds. The monoisotopic (exact) mass is 255 g/mol. The highest BCUT2D eigenvalue weighted by Crippen LogP contribution is 2.21. The molecule has 3 rings (SSSR count). The zero-order valence-electron chi connectivity index (χ0n) is 11.1. The lowest BCUT2D eigenvalue weighted by Gasteiger charge is -2.19. The minimum atomic E-state index is 0.728. The summed E-state index contributed by atoms with van der Waals surface area (Å²) >= 11 is 0. The Morgan fingerprint density at radius 1 is 1.32 bits per heavy atom. The first-order valence-corrected chi connectivity index (χ1v) is 6.74. The molecule has 1 aliphatic rings. The molecule has 0 spiro atoms. The topological polar surface area (TPSA) is 63.6 Å². The van der Waals surface area contributed by atoms with Gasteiger partial charge in [0, 0.05) is 37.0 Å². The van der Waals surface area contributed by atoms with E-state index in [1.54, 1.807) is 12.5 Å². The molecule has 98 valence electrons. The molecular formula is C14H17N5. The third-order valence-corrected chi connectivity index (χ3v) is 3.32. The summed E-state index contributed by atoms with van der Waals surface area (Å²) in [6, 6.07) is 1.86. The quantitative estimate of drug-likeness (QED) is 0.901. The Morgan fingerprint density at radius 3 is 3.05 bits per heavy atom. The lowest BCUT2D eigenvalue weighted by Crippen LogP contribution is -2.27. The molecule has 3 heterocycles. The van der Waals surface area contributed by atoms with Crippen LogP contribution in [0.5, 0.6) is 0 Å². The smallest absolute Gasteiger partial charge is 0.178 e. The van der Waals surface area contributed by atoms with Crippen molar-refractivity contribution in [1.29, 1.82) is 0 Å². The zero-order chi connectivity index (χ0) is 13.1. The third kappa shape index (κ3) is 2.46. The largest absolute Gasteiger partial charge is 0.312 e. The van der Waals surface area contributed by atoms with E-state index in [-0.39, 0.29) is 0 Å². The predicted octanol–water partition coefficient (Wildman–Crippen LogP) is 1.53. The first-order chi connectivity index (χ1) is 9.38. The van der Waals surface area contributed by atoms with Gasteiger partial charge in [0.15, 0.2) is 5.82 Å². The molecule has 0 aromatic carbocycles. The van der Waals surface area contributed by atoms with Crippen LogP contribution in [0, 0.1) is 0 Å². The summed E-state index contributed by atoms with van der Waals surface area (Å²) in [6.07, 6.45) is 6.31. The Hall–Kier alpha value is -1.88. The van der Waals surface area contributed by atoms with Gasteiger partial charge in [-0.15, -0.1) is 0 Å². The van der Waals surface area contributed by atoms with Crippen LogP contribution in [0.25, 0.3) is 11.5 Å². The second-order valence-electron chi connectivity index (χ2n) is 4.69. The van der Waals surface area contributed by atoms with Gasteiger partial charge >= 0.3 is 0 Å². The Balaban J connectivity index is 2.09. The minimum Gasteiger partial charge on any atom is -0.312 e. The van der Waals surface area contributed by atoms with E-state index in [0.29, 0.717) is 0 Å². The number of fused-ring (bicyclic) bond motifs is 1. The van der Waals surface area contributed by atoms with Gasteiger partial charge < -0.3 is 5.32 Å². The fraction of sp³-hybridized carbons (Fsp3) is 0.429. The van der Waals surface area contributed by atoms with Gasteiger partial charge in [-0.25, -0.2) is 19.9 Å². The fourth-order valence-electron chi connectivity index (χ4n) is 2.39. The molecule has 0 aliphatic carbocycles. The normalized spacial score (nSPS) is 14.2. The highest BCUT2D eigenvalue weighted by Gasteiger charge is 2.17. The number of nitrogens with zero attached hydrogens (tertiary/aromatic N) is 4. The molecule has 0 fully saturated rings. The summed E-state index contributed by atoms with van der Waals surface area (Å²) in [6.45, 7) is 4.04. The summed E-state index contributed by atoms with van der Waals surface area (Å²) in [5.74, 6) is 0.728. The molecule has 0 bridgehead atoms. The van der Waals surface area contributed by atoms with Crippen LogP contribution in [0.15, 0.2) is 18.6 Å². The van der Waals surface area contributed by atoms with Gasteiger partial charge in [0.1, 0.15) is 12.0 Å². The molecule has 0 radical (unpaired) electrons. The molecule has 2 aromatic rings. The van der Waals surface area contributed by atoms with Gasteiger partial charge in [0.2, 0.25) is 0 Å². The second kappa shape index (κ2) is 5.40. The summed E-state index contributed by atoms with van der Waals surface area (Å²) in [4.78, 5) is 17.6. The molecule has 19 heavy (non-hydrogen) atoms. The van der Waals surface area contributed by atoms with Crippen molar-refractivity contribution >= 4 is 0 Å². The molecule has 2 aromatic heterocycles. The van der Waals surface area contributed by atoms with Crippen molar-refractivity contribution in [2.75, 3.05) is 6.54 Å². The fourth-order valence-corrected chi connectivity index (χ4v) is 2.39. The molecule has 0 atom stereocenters. The Morgan fingerprint density at radius 2 is 2.26 bits per heavy atom. The lowest BCUT2D eigenvalue weighted by molar-refractivity contribution is 0.615. The third-order valence-electron chi connectivity index (χ3n) is 3.32.